The van der Waals surface area contributed by atoms with Crippen LogP contribution in [0.1, 0.15) is 10.4 Å². The highest BCUT2D eigenvalue weighted by Crippen LogP contribution is 2.19. The molecule has 0 aliphatic carbocycles. The number of halogens is 5. The predicted molar refractivity (Wildman–Crippen MR) is 82.0 cm³/mol. The highest BCUT2D eigenvalue weighted by molar-refractivity contribution is 7.89. The van der Waals surface area contributed by atoms with Crippen LogP contribution in [0, 0.1) is 11.6 Å². The van der Waals surface area contributed by atoms with Crippen molar-refractivity contribution in [3.8, 4) is 0 Å². The van der Waals surface area contributed by atoms with Crippen molar-refractivity contribution >= 4 is 21.6 Å². The fraction of sp³-hybridized carbons (Fsp3) is 0.133. The van der Waals surface area contributed by atoms with E-state index in [0.717, 1.165) is 30.3 Å². The zero-order chi connectivity index (χ0) is 19.5. The first kappa shape index (κ1) is 19.8. The molecule has 0 aliphatic heterocycles. The van der Waals surface area contributed by atoms with Gasteiger partial charge in [-0.25, -0.2) is 21.9 Å². The van der Waals surface area contributed by atoms with E-state index in [1.807, 2.05) is 0 Å². The van der Waals surface area contributed by atoms with Gasteiger partial charge in [0, 0.05) is 11.6 Å². The number of hydrogen-bond acceptors (Lipinski definition) is 3. The van der Waals surface area contributed by atoms with Crippen LogP contribution in [0.4, 0.5) is 27.6 Å². The summed E-state index contributed by atoms with van der Waals surface area (Å²) in [5.41, 5.74) is -0.594. The van der Waals surface area contributed by atoms with Crippen molar-refractivity contribution in [2.75, 3.05) is 11.9 Å². The third kappa shape index (κ3) is 5.23. The van der Waals surface area contributed by atoms with Crippen molar-refractivity contribution < 1.29 is 35.2 Å². The summed E-state index contributed by atoms with van der Waals surface area (Å²) in [6.07, 6.45) is -4.75. The van der Waals surface area contributed by atoms with Gasteiger partial charge in [-0.05, 0) is 30.3 Å². The van der Waals surface area contributed by atoms with Crippen LogP contribution in [-0.4, -0.2) is 27.0 Å². The monoisotopic (exact) mass is 394 g/mol. The Morgan fingerprint density at radius 2 is 1.73 bits per heavy atom. The van der Waals surface area contributed by atoms with Gasteiger partial charge in [0.2, 0.25) is 10.0 Å². The molecule has 1 amide bonds. The average Bonchev–Trinajstić information content (AvgIpc) is 2.55. The second-order valence-corrected chi connectivity index (χ2v) is 6.81. The first-order valence-electron chi connectivity index (χ1n) is 6.91. The number of amides is 1. The zero-order valence-corrected chi connectivity index (χ0v) is 13.6. The topological polar surface area (TPSA) is 75.3 Å². The van der Waals surface area contributed by atoms with Gasteiger partial charge in [0.25, 0.3) is 5.91 Å². The Hall–Kier alpha value is -2.53. The number of sulfonamides is 1. The molecule has 2 aromatic rings. The van der Waals surface area contributed by atoms with Crippen molar-refractivity contribution in [3.63, 3.8) is 0 Å². The Morgan fingerprint density at radius 1 is 1.04 bits per heavy atom. The molecule has 5 nitrogen and oxygen atoms in total. The summed E-state index contributed by atoms with van der Waals surface area (Å²) >= 11 is 0. The van der Waals surface area contributed by atoms with E-state index in [4.69, 9.17) is 0 Å². The number of alkyl halides is 3. The summed E-state index contributed by atoms with van der Waals surface area (Å²) in [6, 6.07) is 6.55. The minimum absolute atomic E-state index is 0.247. The number of rotatable bonds is 5. The number of anilines is 1. The van der Waals surface area contributed by atoms with Crippen LogP contribution in [0.2, 0.25) is 0 Å². The smallest absolute Gasteiger partial charge is 0.319 e. The maximum Gasteiger partial charge on any atom is 0.402 e. The molecule has 0 bridgehead atoms. The standard InChI is InChI=1S/C15H11F5N2O3S/c16-10-4-5-13(12(17)7-10)22-14(23)9-2-1-3-11(6-9)26(24,25)21-8-15(18,19)20/h1-7,21H,8H2,(H,22,23). The maximum atomic E-state index is 13.5. The van der Waals surface area contributed by atoms with Crippen LogP contribution in [0.15, 0.2) is 47.4 Å². The minimum atomic E-state index is -4.75. The van der Waals surface area contributed by atoms with Crippen LogP contribution in [-0.2, 0) is 10.0 Å². The van der Waals surface area contributed by atoms with E-state index in [2.05, 4.69) is 5.32 Å². The van der Waals surface area contributed by atoms with Gasteiger partial charge in [-0.3, -0.25) is 4.79 Å². The Balaban J connectivity index is 2.21. The normalized spacial score (nSPS) is 12.0. The lowest BCUT2D eigenvalue weighted by molar-refractivity contribution is -0.121. The molecule has 0 fully saturated rings. The molecule has 0 spiro atoms. The summed E-state index contributed by atoms with van der Waals surface area (Å²) in [6.45, 7) is -1.77. The van der Waals surface area contributed by atoms with Crippen LogP contribution in [0.25, 0.3) is 0 Å². The van der Waals surface area contributed by atoms with Gasteiger partial charge in [-0.2, -0.15) is 13.2 Å². The molecule has 26 heavy (non-hydrogen) atoms. The summed E-state index contributed by atoms with van der Waals surface area (Å²) < 4.78 is 88.0. The lowest BCUT2D eigenvalue weighted by Gasteiger charge is -2.11. The van der Waals surface area contributed by atoms with Crippen LogP contribution < -0.4 is 10.0 Å². The molecule has 0 radical (unpaired) electrons. The van der Waals surface area contributed by atoms with Crippen molar-refractivity contribution in [1.29, 1.82) is 0 Å². The highest BCUT2D eigenvalue weighted by atomic mass is 32.2. The number of hydrogen-bond donors (Lipinski definition) is 2. The molecule has 0 aliphatic rings. The first-order chi connectivity index (χ1) is 12.0. The van der Waals surface area contributed by atoms with Gasteiger partial charge < -0.3 is 5.32 Å². The molecule has 2 N–H and O–H groups in total. The number of carbonyl (C=O) groups is 1. The second-order valence-electron chi connectivity index (χ2n) is 5.05. The van der Waals surface area contributed by atoms with E-state index in [0.29, 0.717) is 6.07 Å². The van der Waals surface area contributed by atoms with Gasteiger partial charge in [0.05, 0.1) is 10.6 Å². The second kappa shape index (κ2) is 7.38. The molecule has 0 saturated heterocycles. The number of benzene rings is 2. The van der Waals surface area contributed by atoms with E-state index < -0.39 is 45.2 Å². The van der Waals surface area contributed by atoms with Crippen LogP contribution >= 0.6 is 0 Å². The van der Waals surface area contributed by atoms with E-state index in [1.54, 1.807) is 0 Å². The summed E-state index contributed by atoms with van der Waals surface area (Å²) in [7, 11) is -4.51. The molecule has 140 valence electrons. The van der Waals surface area contributed by atoms with Gasteiger partial charge in [0.1, 0.15) is 18.2 Å². The lowest BCUT2D eigenvalue weighted by Crippen LogP contribution is -2.33. The predicted octanol–water partition coefficient (Wildman–Crippen LogP) is 3.06. The van der Waals surface area contributed by atoms with Gasteiger partial charge in [0.15, 0.2) is 0 Å². The van der Waals surface area contributed by atoms with E-state index in [-0.39, 0.29) is 11.3 Å². The van der Waals surface area contributed by atoms with Gasteiger partial charge >= 0.3 is 6.18 Å². The fourth-order valence-corrected chi connectivity index (χ4v) is 2.91. The molecule has 2 rings (SSSR count). The fourth-order valence-electron chi connectivity index (χ4n) is 1.85. The summed E-state index contributed by atoms with van der Waals surface area (Å²) in [5.74, 6) is -2.83. The largest absolute Gasteiger partial charge is 0.402 e. The van der Waals surface area contributed by atoms with E-state index in [1.165, 1.54) is 10.8 Å². The van der Waals surface area contributed by atoms with Gasteiger partial charge in [-0.1, -0.05) is 6.07 Å². The molecule has 2 aromatic carbocycles. The Labute approximate surface area is 144 Å². The third-order valence-electron chi connectivity index (χ3n) is 3.05. The minimum Gasteiger partial charge on any atom is -0.319 e. The molecule has 11 heteroatoms. The van der Waals surface area contributed by atoms with E-state index in [9.17, 15) is 35.2 Å². The van der Waals surface area contributed by atoms with Crippen molar-refractivity contribution in [2.45, 2.75) is 11.1 Å². The first-order valence-corrected chi connectivity index (χ1v) is 8.39. The van der Waals surface area contributed by atoms with Crippen molar-refractivity contribution in [3.05, 3.63) is 59.7 Å². The maximum absolute atomic E-state index is 13.5. The number of carbonyl (C=O) groups excluding carboxylic acids is 1. The van der Waals surface area contributed by atoms with Crippen molar-refractivity contribution in [2.24, 2.45) is 0 Å². The summed E-state index contributed by atoms with van der Waals surface area (Å²) in [4.78, 5) is 11.5. The van der Waals surface area contributed by atoms with Crippen LogP contribution in [0.3, 0.4) is 0 Å². The molecule has 0 aromatic heterocycles. The Morgan fingerprint density at radius 3 is 2.35 bits per heavy atom. The SMILES string of the molecule is O=C(Nc1ccc(F)cc1F)c1cccc(S(=O)(=O)NCC(F)(F)F)c1. The molecular weight excluding hydrogens is 383 g/mol. The number of nitrogens with one attached hydrogen (secondary N) is 2. The molecule has 0 unspecified atom stereocenters. The van der Waals surface area contributed by atoms with E-state index >= 15 is 0 Å². The Bertz CT molecular complexity index is 929. The summed E-state index contributed by atoms with van der Waals surface area (Å²) in [5, 5.41) is 2.11. The zero-order valence-electron chi connectivity index (χ0n) is 12.8. The molecule has 0 heterocycles. The highest BCUT2D eigenvalue weighted by Gasteiger charge is 2.30. The molecule has 0 saturated carbocycles. The Kier molecular flexibility index (Phi) is 5.62. The third-order valence-corrected chi connectivity index (χ3v) is 4.45. The molecule has 0 atom stereocenters. The van der Waals surface area contributed by atoms with Crippen molar-refractivity contribution in [1.82, 2.24) is 4.72 Å². The van der Waals surface area contributed by atoms with Crippen LogP contribution in [0.5, 0.6) is 0 Å². The lowest BCUT2D eigenvalue weighted by atomic mass is 10.2. The van der Waals surface area contributed by atoms with Gasteiger partial charge in [-0.15, -0.1) is 0 Å². The quantitative estimate of drug-likeness (QED) is 0.766. The molecular formula is C15H11F5N2O3S. The average molecular weight is 394 g/mol.